The van der Waals surface area contributed by atoms with Crippen LogP contribution < -0.4 is 21.5 Å². The third-order valence-electron chi connectivity index (χ3n) is 3.54. The molecule has 6 N–H and O–H groups in total. The first-order chi connectivity index (χ1) is 14.3. The van der Waals surface area contributed by atoms with Gasteiger partial charge in [0.25, 0.3) is 10.0 Å². The van der Waals surface area contributed by atoms with E-state index in [1.165, 1.54) is 42.9 Å². The van der Waals surface area contributed by atoms with Gasteiger partial charge in [-0.05, 0) is 48.5 Å². The lowest BCUT2D eigenvalue weighted by atomic mass is 10.3. The van der Waals surface area contributed by atoms with Crippen molar-refractivity contribution in [3.05, 3.63) is 72.1 Å². The van der Waals surface area contributed by atoms with Crippen LogP contribution in [0.15, 0.2) is 82.0 Å². The summed E-state index contributed by atoms with van der Waals surface area (Å²) in [5.41, 5.74) is 12.7. The van der Waals surface area contributed by atoms with E-state index in [0.717, 1.165) is 0 Å². The molecule has 1 aromatic heterocycles. The highest BCUT2D eigenvalue weighted by Crippen LogP contribution is 2.18. The van der Waals surface area contributed by atoms with Gasteiger partial charge in [-0.2, -0.15) is 4.99 Å². The molecule has 0 fully saturated rings. The second kappa shape index (κ2) is 9.20. The van der Waals surface area contributed by atoms with Gasteiger partial charge in [0.05, 0.1) is 16.8 Å². The smallest absolute Gasteiger partial charge is 0.263 e. The van der Waals surface area contributed by atoms with Crippen LogP contribution >= 0.6 is 11.6 Å². The molecule has 0 aliphatic heterocycles. The number of benzene rings is 2. The number of nitrogens with one attached hydrogen (secondary N) is 2. The number of hydrogen-bond donors (Lipinski definition) is 4. The Bertz CT molecular complexity index is 1170. The van der Waals surface area contributed by atoms with Crippen LogP contribution in [0.2, 0.25) is 5.02 Å². The zero-order valence-corrected chi connectivity index (χ0v) is 17.0. The van der Waals surface area contributed by atoms with Gasteiger partial charge < -0.3 is 16.8 Å². The number of nitrogens with zero attached hydrogens (tertiary/aromatic N) is 4. The molecule has 0 saturated heterocycles. The lowest BCUT2D eigenvalue weighted by Gasteiger charge is -2.07. The number of sulfonamides is 1. The minimum atomic E-state index is -3.81. The summed E-state index contributed by atoms with van der Waals surface area (Å²) in [4.78, 5) is 15.8. The summed E-state index contributed by atoms with van der Waals surface area (Å²) in [5.74, 6) is 0.0371. The largest absolute Gasteiger partial charge is 0.369 e. The molecule has 30 heavy (non-hydrogen) atoms. The first-order valence-corrected chi connectivity index (χ1v) is 10.3. The Labute approximate surface area is 177 Å². The Morgan fingerprint density at radius 1 is 1.00 bits per heavy atom. The Balaban J connectivity index is 1.69. The molecule has 0 radical (unpaired) electrons. The third kappa shape index (κ3) is 5.90. The van der Waals surface area contributed by atoms with Crippen LogP contribution in [0, 0.1) is 0 Å². The normalized spacial score (nSPS) is 12.4. The number of aliphatic imine (C=N–C) groups is 2. The van der Waals surface area contributed by atoms with Crippen molar-refractivity contribution in [3.63, 3.8) is 0 Å². The van der Waals surface area contributed by atoms with Crippen LogP contribution in [0.3, 0.4) is 0 Å². The molecule has 3 rings (SSSR count). The minimum Gasteiger partial charge on any atom is -0.369 e. The topological polar surface area (TPSA) is 161 Å². The highest BCUT2D eigenvalue weighted by Gasteiger charge is 2.14. The van der Waals surface area contributed by atoms with Crippen molar-refractivity contribution in [1.82, 2.24) is 9.97 Å². The maximum Gasteiger partial charge on any atom is 0.263 e. The van der Waals surface area contributed by atoms with Crippen LogP contribution in [0.25, 0.3) is 0 Å². The van der Waals surface area contributed by atoms with E-state index in [2.05, 4.69) is 30.0 Å². The molecule has 154 valence electrons. The number of halogens is 1. The van der Waals surface area contributed by atoms with Crippen molar-refractivity contribution in [2.75, 3.05) is 10.0 Å². The Morgan fingerprint density at radius 3 is 2.33 bits per heavy atom. The standard InChI is InChI=1S/C18H17ClN8O2S/c19-12-1-3-13(4-2-12)24-17(20)26-18(21)25-14-5-7-15(8-6-14)30(28,29)27-16-11-22-9-10-23-16/h1-11H,(H,23,27)(H5,20,21,24,25,26). The highest BCUT2D eigenvalue weighted by molar-refractivity contribution is 7.92. The first-order valence-electron chi connectivity index (χ1n) is 8.42. The third-order valence-corrected chi connectivity index (χ3v) is 5.17. The van der Waals surface area contributed by atoms with Crippen molar-refractivity contribution in [2.24, 2.45) is 21.5 Å². The fourth-order valence-corrected chi connectivity index (χ4v) is 3.36. The van der Waals surface area contributed by atoms with E-state index in [0.29, 0.717) is 16.4 Å². The number of anilines is 2. The van der Waals surface area contributed by atoms with Crippen molar-refractivity contribution in [1.29, 1.82) is 0 Å². The van der Waals surface area contributed by atoms with Crippen LogP contribution in [0.1, 0.15) is 0 Å². The summed E-state index contributed by atoms with van der Waals surface area (Å²) >= 11 is 5.83. The second-order valence-corrected chi connectivity index (χ2v) is 7.91. The van der Waals surface area contributed by atoms with Gasteiger partial charge in [-0.25, -0.2) is 18.4 Å². The average molecular weight is 445 g/mol. The van der Waals surface area contributed by atoms with Gasteiger partial charge in [-0.1, -0.05) is 11.6 Å². The molecular weight excluding hydrogens is 428 g/mol. The van der Waals surface area contributed by atoms with Crippen LogP contribution in [-0.2, 0) is 10.0 Å². The lowest BCUT2D eigenvalue weighted by molar-refractivity contribution is 0.601. The van der Waals surface area contributed by atoms with Gasteiger partial charge in [-0.15, -0.1) is 0 Å². The molecule has 0 unspecified atom stereocenters. The van der Waals surface area contributed by atoms with Crippen molar-refractivity contribution >= 4 is 50.7 Å². The van der Waals surface area contributed by atoms with E-state index in [1.54, 1.807) is 24.3 Å². The molecule has 3 aromatic rings. The van der Waals surface area contributed by atoms with Gasteiger partial charge in [0.1, 0.15) is 0 Å². The second-order valence-electron chi connectivity index (χ2n) is 5.79. The summed E-state index contributed by atoms with van der Waals surface area (Å²) in [6.07, 6.45) is 4.12. The zero-order chi connectivity index (χ0) is 21.6. The van der Waals surface area contributed by atoms with Gasteiger partial charge in [0.2, 0.25) is 11.9 Å². The molecule has 0 bridgehead atoms. The number of nitrogens with two attached hydrogens (primary N) is 2. The van der Waals surface area contributed by atoms with Crippen molar-refractivity contribution < 1.29 is 8.42 Å². The van der Waals surface area contributed by atoms with Crippen molar-refractivity contribution in [2.45, 2.75) is 4.90 Å². The number of hydrogen-bond acceptors (Lipinski definition) is 5. The SMILES string of the molecule is NC(=Nc1ccc(S(=O)(=O)Nc2cnccn2)cc1)/N=C(\N)Nc1ccc(Cl)cc1. The summed E-state index contributed by atoms with van der Waals surface area (Å²) < 4.78 is 27.1. The Hall–Kier alpha value is -3.70. The fourth-order valence-electron chi connectivity index (χ4n) is 2.24. The zero-order valence-electron chi connectivity index (χ0n) is 15.4. The molecule has 0 aliphatic carbocycles. The molecule has 0 aliphatic rings. The van der Waals surface area contributed by atoms with Gasteiger partial charge in [0.15, 0.2) is 5.82 Å². The fraction of sp³-hybridized carbons (Fsp3) is 0. The van der Waals surface area contributed by atoms with E-state index in [-0.39, 0.29) is 22.6 Å². The molecular formula is C18H17ClN8O2S. The first kappa shape index (κ1) is 21.0. The molecule has 0 saturated carbocycles. The molecule has 2 aromatic carbocycles. The summed E-state index contributed by atoms with van der Waals surface area (Å²) in [6, 6.07) is 12.6. The minimum absolute atomic E-state index is 0.0260. The summed E-state index contributed by atoms with van der Waals surface area (Å²) in [5, 5.41) is 3.44. The van der Waals surface area contributed by atoms with Crippen molar-refractivity contribution in [3.8, 4) is 0 Å². The van der Waals surface area contributed by atoms with Gasteiger partial charge in [0, 0.05) is 23.1 Å². The predicted molar refractivity (Wildman–Crippen MR) is 117 cm³/mol. The van der Waals surface area contributed by atoms with Crippen LogP contribution in [0.4, 0.5) is 17.2 Å². The van der Waals surface area contributed by atoms with E-state index >= 15 is 0 Å². The predicted octanol–water partition coefficient (Wildman–Crippen LogP) is 2.30. The van der Waals surface area contributed by atoms with Crippen LogP contribution in [0.5, 0.6) is 0 Å². The monoisotopic (exact) mass is 444 g/mol. The maximum atomic E-state index is 12.4. The molecule has 1 heterocycles. The number of rotatable bonds is 5. The average Bonchev–Trinajstić information content (AvgIpc) is 2.70. The molecule has 10 nitrogen and oxygen atoms in total. The number of guanidine groups is 2. The Morgan fingerprint density at radius 2 is 1.70 bits per heavy atom. The van der Waals surface area contributed by atoms with E-state index in [4.69, 9.17) is 23.1 Å². The maximum absolute atomic E-state index is 12.4. The Kier molecular flexibility index (Phi) is 6.45. The summed E-state index contributed by atoms with van der Waals surface area (Å²) in [7, 11) is -3.81. The lowest BCUT2D eigenvalue weighted by Crippen LogP contribution is -2.25. The quantitative estimate of drug-likeness (QED) is 0.346. The molecule has 0 spiro atoms. The molecule has 0 amide bonds. The number of aromatic nitrogens is 2. The molecule has 0 atom stereocenters. The van der Waals surface area contributed by atoms with E-state index in [9.17, 15) is 8.42 Å². The van der Waals surface area contributed by atoms with Crippen LogP contribution in [-0.4, -0.2) is 30.3 Å². The van der Waals surface area contributed by atoms with Gasteiger partial charge >= 0.3 is 0 Å². The van der Waals surface area contributed by atoms with E-state index < -0.39 is 10.0 Å². The van der Waals surface area contributed by atoms with Gasteiger partial charge in [-0.3, -0.25) is 9.71 Å². The molecule has 12 heteroatoms. The van der Waals surface area contributed by atoms with E-state index in [1.807, 2.05) is 0 Å². The summed E-state index contributed by atoms with van der Waals surface area (Å²) in [6.45, 7) is 0. The highest BCUT2D eigenvalue weighted by atomic mass is 35.5.